The summed E-state index contributed by atoms with van der Waals surface area (Å²) in [6.45, 7) is 22.5. The van der Waals surface area contributed by atoms with Crippen LogP contribution in [0, 0.1) is 17.8 Å². The minimum Gasteiger partial charge on any atom is -0.300 e. The quantitative estimate of drug-likeness (QED) is 0.786. The van der Waals surface area contributed by atoms with E-state index in [1.54, 1.807) is 6.92 Å². The van der Waals surface area contributed by atoms with Crippen LogP contribution in [0.5, 0.6) is 0 Å². The first-order valence-corrected chi connectivity index (χ1v) is 8.27. The van der Waals surface area contributed by atoms with Crippen molar-refractivity contribution in [2.75, 3.05) is 0 Å². The van der Waals surface area contributed by atoms with Crippen LogP contribution < -0.4 is 0 Å². The molecule has 0 atom stereocenters. The van der Waals surface area contributed by atoms with Gasteiger partial charge in [-0.3, -0.25) is 9.89 Å². The van der Waals surface area contributed by atoms with Crippen molar-refractivity contribution in [1.82, 2.24) is 15.2 Å². The Balaban J connectivity index is -0.000000231. The zero-order chi connectivity index (χ0) is 18.3. The van der Waals surface area contributed by atoms with Gasteiger partial charge in [-0.1, -0.05) is 69.2 Å². The Morgan fingerprint density at radius 2 is 1.23 bits per heavy atom. The van der Waals surface area contributed by atoms with E-state index in [1.165, 1.54) is 6.33 Å². The second-order valence-corrected chi connectivity index (χ2v) is 7.25. The fraction of sp³-hybridized carbons (Fsp3) is 0.833. The van der Waals surface area contributed by atoms with E-state index >= 15 is 0 Å². The van der Waals surface area contributed by atoms with Crippen molar-refractivity contribution >= 4 is 5.78 Å². The average molecular weight is 314 g/mol. The summed E-state index contributed by atoms with van der Waals surface area (Å²) >= 11 is 0. The van der Waals surface area contributed by atoms with Crippen LogP contribution in [-0.4, -0.2) is 21.0 Å². The molecule has 4 heteroatoms. The van der Waals surface area contributed by atoms with Gasteiger partial charge < -0.3 is 0 Å². The first-order valence-electron chi connectivity index (χ1n) is 8.27. The number of aromatic nitrogens is 3. The smallest absolute Gasteiger partial charge is 0.137 e. The molecule has 0 bridgehead atoms. The second-order valence-electron chi connectivity index (χ2n) is 7.25. The van der Waals surface area contributed by atoms with E-state index in [1.807, 2.05) is 13.8 Å². The molecule has 0 saturated carbocycles. The molecule has 132 valence electrons. The summed E-state index contributed by atoms with van der Waals surface area (Å²) in [7, 11) is 0. The van der Waals surface area contributed by atoms with Gasteiger partial charge in [-0.15, -0.1) is 0 Å². The van der Waals surface area contributed by atoms with Gasteiger partial charge in [0.15, 0.2) is 0 Å². The monoisotopic (exact) mass is 313 g/mol. The third-order valence-electron chi connectivity index (χ3n) is 1.79. The molecular weight excluding hydrogens is 274 g/mol. The van der Waals surface area contributed by atoms with E-state index in [0.717, 1.165) is 17.7 Å². The minimum atomic E-state index is 0.213. The molecule has 1 heterocycles. The van der Waals surface area contributed by atoms with Gasteiger partial charge in [-0.25, -0.2) is 4.98 Å². The molecule has 4 nitrogen and oxygen atoms in total. The SMILES string of the molecule is CC(=O)C(C)C.CC(C)C.CC(C)C.CC(C)c1ncn[nH]1. The number of carbonyl (C=O) groups excluding carboxylic acids is 1. The Labute approximate surface area is 138 Å². The number of carbonyl (C=O) groups is 1. The number of rotatable bonds is 2. The summed E-state index contributed by atoms with van der Waals surface area (Å²) in [6.07, 6.45) is 1.52. The number of aromatic amines is 1. The van der Waals surface area contributed by atoms with E-state index in [0.29, 0.717) is 5.92 Å². The number of ketones is 1. The summed E-state index contributed by atoms with van der Waals surface area (Å²) in [6, 6.07) is 0. The van der Waals surface area contributed by atoms with Gasteiger partial charge in [0.25, 0.3) is 0 Å². The zero-order valence-corrected chi connectivity index (χ0v) is 16.7. The van der Waals surface area contributed by atoms with E-state index < -0.39 is 0 Å². The summed E-state index contributed by atoms with van der Waals surface area (Å²) < 4.78 is 0. The summed E-state index contributed by atoms with van der Waals surface area (Å²) in [5, 5.41) is 6.48. The molecule has 0 amide bonds. The molecule has 1 aromatic heterocycles. The van der Waals surface area contributed by atoms with Gasteiger partial charge in [0.2, 0.25) is 0 Å². The molecule has 0 aliphatic heterocycles. The Kier molecular flexibility index (Phi) is 18.9. The maximum atomic E-state index is 10.1. The fourth-order valence-corrected chi connectivity index (χ4v) is 0.493. The van der Waals surface area contributed by atoms with Crippen LogP contribution in [0.2, 0.25) is 0 Å². The molecule has 0 fully saturated rings. The fourth-order valence-electron chi connectivity index (χ4n) is 0.493. The molecule has 22 heavy (non-hydrogen) atoms. The van der Waals surface area contributed by atoms with Gasteiger partial charge in [-0.05, 0) is 18.8 Å². The molecule has 0 radical (unpaired) electrons. The molecule has 0 aromatic carbocycles. The highest BCUT2D eigenvalue weighted by molar-refractivity contribution is 5.77. The highest BCUT2D eigenvalue weighted by Gasteiger charge is 1.98. The number of hydrogen-bond donors (Lipinski definition) is 1. The lowest BCUT2D eigenvalue weighted by Gasteiger charge is -1.93. The molecule has 0 aliphatic rings. The average Bonchev–Trinajstić information content (AvgIpc) is 2.81. The number of nitrogens with zero attached hydrogens (tertiary/aromatic N) is 2. The lowest BCUT2D eigenvalue weighted by atomic mass is 10.1. The number of H-pyrrole nitrogens is 1. The lowest BCUT2D eigenvalue weighted by molar-refractivity contribution is -0.119. The Morgan fingerprint density at radius 3 is 1.32 bits per heavy atom. The van der Waals surface area contributed by atoms with Crippen molar-refractivity contribution in [3.8, 4) is 0 Å². The first-order chi connectivity index (χ1) is 9.91. The second kappa shape index (κ2) is 16.2. The summed E-state index contributed by atoms with van der Waals surface area (Å²) in [4.78, 5) is 14.1. The number of hydrogen-bond acceptors (Lipinski definition) is 3. The predicted molar refractivity (Wildman–Crippen MR) is 97.0 cm³/mol. The molecule has 1 N–H and O–H groups in total. The van der Waals surface area contributed by atoms with Crippen LogP contribution >= 0.6 is 0 Å². The lowest BCUT2D eigenvalue weighted by Crippen LogP contribution is -1.98. The Morgan fingerprint density at radius 1 is 0.909 bits per heavy atom. The maximum Gasteiger partial charge on any atom is 0.137 e. The maximum absolute atomic E-state index is 10.1. The van der Waals surface area contributed by atoms with Gasteiger partial charge in [0.05, 0.1) is 0 Å². The molecule has 0 saturated heterocycles. The van der Waals surface area contributed by atoms with Crippen molar-refractivity contribution in [3.05, 3.63) is 12.2 Å². The van der Waals surface area contributed by atoms with Crippen LogP contribution in [0.4, 0.5) is 0 Å². The molecule has 0 aliphatic carbocycles. The Bertz CT molecular complexity index is 317. The highest BCUT2D eigenvalue weighted by atomic mass is 16.1. The van der Waals surface area contributed by atoms with Crippen molar-refractivity contribution < 1.29 is 4.79 Å². The predicted octanol–water partition coefficient (Wildman–Crippen LogP) is 5.48. The van der Waals surface area contributed by atoms with Crippen LogP contribution in [0.15, 0.2) is 6.33 Å². The summed E-state index contributed by atoms with van der Waals surface area (Å²) in [5.74, 6) is 3.54. The van der Waals surface area contributed by atoms with Crippen LogP contribution in [0.1, 0.15) is 87.9 Å². The standard InChI is InChI=1S/C5H9N3.C5H10O.2C4H10/c1-4(2)5-6-3-7-8-5;1-4(2)5(3)6;2*1-4(2)3/h3-4H,1-2H3,(H,6,7,8);4H,1-3H3;2*4H,1-3H3. The van der Waals surface area contributed by atoms with E-state index in [2.05, 4.69) is 70.6 Å². The topological polar surface area (TPSA) is 58.6 Å². The third-order valence-corrected chi connectivity index (χ3v) is 1.79. The van der Waals surface area contributed by atoms with Crippen molar-refractivity contribution in [2.45, 2.75) is 82.1 Å². The summed E-state index contributed by atoms with van der Waals surface area (Å²) in [5.41, 5.74) is 0. The normalized spacial score (nSPS) is 9.59. The van der Waals surface area contributed by atoms with Crippen LogP contribution in [-0.2, 0) is 4.79 Å². The zero-order valence-electron chi connectivity index (χ0n) is 16.7. The van der Waals surface area contributed by atoms with Gasteiger partial charge in [-0.2, -0.15) is 5.10 Å². The first kappa shape index (κ1) is 25.7. The molecule has 0 spiro atoms. The number of Topliss-reactive ketones (excluding diaryl/α,β-unsaturated/α-hetero) is 1. The van der Waals surface area contributed by atoms with E-state index in [9.17, 15) is 4.79 Å². The van der Waals surface area contributed by atoms with Crippen molar-refractivity contribution in [2.24, 2.45) is 17.8 Å². The van der Waals surface area contributed by atoms with Gasteiger partial charge in [0.1, 0.15) is 17.9 Å². The van der Waals surface area contributed by atoms with Crippen LogP contribution in [0.25, 0.3) is 0 Å². The van der Waals surface area contributed by atoms with Gasteiger partial charge in [0, 0.05) is 11.8 Å². The van der Waals surface area contributed by atoms with E-state index in [-0.39, 0.29) is 11.7 Å². The minimum absolute atomic E-state index is 0.213. The third kappa shape index (κ3) is 31.3. The van der Waals surface area contributed by atoms with Crippen molar-refractivity contribution in [1.29, 1.82) is 0 Å². The molecule has 1 rings (SSSR count). The van der Waals surface area contributed by atoms with E-state index in [4.69, 9.17) is 0 Å². The van der Waals surface area contributed by atoms with Gasteiger partial charge >= 0.3 is 0 Å². The molecular formula is C18H39N3O. The molecule has 1 aromatic rings. The highest BCUT2D eigenvalue weighted by Crippen LogP contribution is 2.04. The Hall–Kier alpha value is -1.19. The number of nitrogens with one attached hydrogen (secondary N) is 1. The molecule has 0 unspecified atom stereocenters. The van der Waals surface area contributed by atoms with Crippen molar-refractivity contribution in [3.63, 3.8) is 0 Å². The largest absolute Gasteiger partial charge is 0.300 e. The van der Waals surface area contributed by atoms with Crippen LogP contribution in [0.3, 0.4) is 0 Å².